The highest BCUT2D eigenvalue weighted by atomic mass is 35.5. The second-order valence-corrected chi connectivity index (χ2v) is 9.33. The third kappa shape index (κ3) is 6.22. The summed E-state index contributed by atoms with van der Waals surface area (Å²) >= 11 is 12.4. The molecule has 9 heteroatoms. The van der Waals surface area contributed by atoms with Gasteiger partial charge in [-0.25, -0.2) is 0 Å². The van der Waals surface area contributed by atoms with E-state index in [2.05, 4.69) is 10.9 Å². The molecule has 188 valence electrons. The van der Waals surface area contributed by atoms with Gasteiger partial charge in [-0.05, 0) is 49.7 Å². The number of rotatable bonds is 9. The predicted molar refractivity (Wildman–Crippen MR) is 142 cm³/mol. The van der Waals surface area contributed by atoms with E-state index in [4.69, 9.17) is 32.7 Å². The first-order valence-corrected chi connectivity index (χ1v) is 12.4. The average Bonchev–Trinajstić information content (AvgIpc) is 3.25. The molecule has 0 bridgehead atoms. The monoisotopic (exact) mass is 527 g/mol. The van der Waals surface area contributed by atoms with Gasteiger partial charge in [-0.2, -0.15) is 0 Å². The topological polar surface area (TPSA) is 79.9 Å². The average molecular weight is 528 g/mol. The van der Waals surface area contributed by atoms with Crippen LogP contribution < -0.4 is 25.2 Å². The molecule has 1 aliphatic heterocycles. The van der Waals surface area contributed by atoms with Crippen molar-refractivity contribution < 1.29 is 19.1 Å². The Balaban J connectivity index is 1.39. The van der Waals surface area contributed by atoms with Gasteiger partial charge in [0.2, 0.25) is 11.8 Å². The van der Waals surface area contributed by atoms with Crippen LogP contribution in [0.4, 0.5) is 11.4 Å². The Kier molecular flexibility index (Phi) is 8.23. The SMILES string of the molecule is CCOc1cc(NNC(=O)[C@H]2CC(=O)N(c3ccc(C)cc3)C2)cc(Cl)c1OCc1ccc(Cl)cc1. The summed E-state index contributed by atoms with van der Waals surface area (Å²) in [6.07, 6.45) is 0.143. The number of hydrazine groups is 1. The fraction of sp³-hybridized carbons (Fsp3) is 0.259. The van der Waals surface area contributed by atoms with Gasteiger partial charge < -0.3 is 14.4 Å². The van der Waals surface area contributed by atoms with Crippen molar-refractivity contribution in [3.63, 3.8) is 0 Å². The van der Waals surface area contributed by atoms with Crippen molar-refractivity contribution in [2.75, 3.05) is 23.5 Å². The van der Waals surface area contributed by atoms with Crippen LogP contribution in [0.15, 0.2) is 60.7 Å². The Morgan fingerprint density at radius 2 is 1.78 bits per heavy atom. The van der Waals surface area contributed by atoms with Crippen molar-refractivity contribution in [2.24, 2.45) is 5.92 Å². The molecule has 0 aliphatic carbocycles. The van der Waals surface area contributed by atoms with Crippen LogP contribution in [-0.4, -0.2) is 25.0 Å². The lowest BCUT2D eigenvalue weighted by Gasteiger charge is -2.18. The molecule has 1 heterocycles. The van der Waals surface area contributed by atoms with Crippen LogP contribution >= 0.6 is 23.2 Å². The minimum atomic E-state index is -0.477. The molecule has 2 N–H and O–H groups in total. The number of hydrogen-bond acceptors (Lipinski definition) is 5. The lowest BCUT2D eigenvalue weighted by molar-refractivity contribution is -0.125. The number of nitrogens with one attached hydrogen (secondary N) is 2. The number of halogens is 2. The largest absolute Gasteiger partial charge is 0.490 e. The van der Waals surface area contributed by atoms with Gasteiger partial charge in [0, 0.05) is 29.7 Å². The Morgan fingerprint density at radius 3 is 2.47 bits per heavy atom. The summed E-state index contributed by atoms with van der Waals surface area (Å²) in [5, 5.41) is 0.974. The molecule has 2 amide bonds. The van der Waals surface area contributed by atoms with Gasteiger partial charge in [0.25, 0.3) is 0 Å². The lowest BCUT2D eigenvalue weighted by atomic mass is 10.1. The summed E-state index contributed by atoms with van der Waals surface area (Å²) in [6, 6.07) is 18.3. The summed E-state index contributed by atoms with van der Waals surface area (Å²) in [4.78, 5) is 26.9. The van der Waals surface area contributed by atoms with E-state index >= 15 is 0 Å². The molecular formula is C27H27Cl2N3O4. The predicted octanol–water partition coefficient (Wildman–Crippen LogP) is 5.78. The first-order chi connectivity index (χ1) is 17.3. The van der Waals surface area contributed by atoms with Gasteiger partial charge >= 0.3 is 0 Å². The van der Waals surface area contributed by atoms with Crippen LogP contribution in [0, 0.1) is 12.8 Å². The number of carbonyl (C=O) groups is 2. The van der Waals surface area contributed by atoms with E-state index in [1.807, 2.05) is 50.2 Å². The van der Waals surface area contributed by atoms with Crippen molar-refractivity contribution in [2.45, 2.75) is 26.9 Å². The number of benzene rings is 3. The lowest BCUT2D eigenvalue weighted by Crippen LogP contribution is -2.36. The molecule has 4 rings (SSSR count). The maximum Gasteiger partial charge on any atom is 0.243 e. The molecule has 0 aromatic heterocycles. The van der Waals surface area contributed by atoms with Crippen LogP contribution in [0.2, 0.25) is 10.0 Å². The molecule has 1 atom stereocenters. The van der Waals surface area contributed by atoms with Gasteiger partial charge in [0.15, 0.2) is 11.5 Å². The first kappa shape index (κ1) is 25.7. The van der Waals surface area contributed by atoms with Gasteiger partial charge in [0.1, 0.15) is 6.61 Å². The van der Waals surface area contributed by atoms with Gasteiger partial charge in [-0.3, -0.25) is 20.4 Å². The highest BCUT2D eigenvalue weighted by Crippen LogP contribution is 2.39. The number of anilines is 2. The number of nitrogens with zero attached hydrogens (tertiary/aromatic N) is 1. The van der Waals surface area contributed by atoms with Crippen LogP contribution in [0.25, 0.3) is 0 Å². The Labute approximate surface area is 220 Å². The van der Waals surface area contributed by atoms with E-state index < -0.39 is 5.92 Å². The molecule has 0 spiro atoms. The quantitative estimate of drug-likeness (QED) is 0.345. The third-order valence-corrected chi connectivity index (χ3v) is 6.31. The number of hydrogen-bond donors (Lipinski definition) is 2. The maximum absolute atomic E-state index is 12.8. The van der Waals surface area contributed by atoms with Crippen LogP contribution in [0.5, 0.6) is 11.5 Å². The molecule has 0 unspecified atom stereocenters. The standard InChI is InChI=1S/C27H27Cl2N3O4/c1-3-35-24-14-21(13-23(29)26(24)36-16-18-6-8-20(28)9-7-18)30-31-27(34)19-12-25(33)32(15-19)22-10-4-17(2)5-11-22/h4-11,13-14,19,30H,3,12,15-16H2,1-2H3,(H,31,34)/t19-/m0/s1. The zero-order valence-electron chi connectivity index (χ0n) is 20.0. The second-order valence-electron chi connectivity index (χ2n) is 8.49. The highest BCUT2D eigenvalue weighted by molar-refractivity contribution is 6.32. The Bertz CT molecular complexity index is 1230. The molecule has 3 aromatic rings. The van der Waals surface area contributed by atoms with E-state index in [1.54, 1.807) is 29.2 Å². The summed E-state index contributed by atoms with van der Waals surface area (Å²) in [6.45, 7) is 4.85. The number of carbonyl (C=O) groups excluding carboxylic acids is 2. The fourth-order valence-electron chi connectivity index (χ4n) is 3.87. The maximum atomic E-state index is 12.8. The van der Waals surface area contributed by atoms with Crippen LogP contribution in [0.1, 0.15) is 24.5 Å². The first-order valence-electron chi connectivity index (χ1n) is 11.6. The number of amides is 2. The minimum absolute atomic E-state index is 0.0807. The Hall–Kier alpha value is -3.42. The van der Waals surface area contributed by atoms with Crippen LogP contribution in [-0.2, 0) is 16.2 Å². The van der Waals surface area contributed by atoms with Crippen molar-refractivity contribution in [3.05, 3.63) is 81.8 Å². The third-order valence-electron chi connectivity index (χ3n) is 5.78. The van der Waals surface area contributed by atoms with Crippen molar-refractivity contribution in [3.8, 4) is 11.5 Å². The molecule has 1 aliphatic rings. The van der Waals surface area contributed by atoms with Crippen molar-refractivity contribution in [1.82, 2.24) is 5.43 Å². The van der Waals surface area contributed by atoms with Crippen LogP contribution in [0.3, 0.4) is 0 Å². The highest BCUT2D eigenvalue weighted by Gasteiger charge is 2.35. The molecule has 0 saturated carbocycles. The van der Waals surface area contributed by atoms with E-state index in [9.17, 15) is 9.59 Å². The van der Waals surface area contributed by atoms with Gasteiger partial charge in [-0.1, -0.05) is 53.0 Å². The molecule has 3 aromatic carbocycles. The van der Waals surface area contributed by atoms with Crippen molar-refractivity contribution >= 4 is 46.4 Å². The number of ether oxygens (including phenoxy) is 2. The summed E-state index contributed by atoms with van der Waals surface area (Å²) in [5.74, 6) is 0.00544. The van der Waals surface area contributed by atoms with Crippen molar-refractivity contribution in [1.29, 1.82) is 0 Å². The minimum Gasteiger partial charge on any atom is -0.490 e. The normalized spacial score (nSPS) is 15.1. The number of aryl methyl sites for hydroxylation is 1. The van der Waals surface area contributed by atoms with Gasteiger partial charge in [-0.15, -0.1) is 0 Å². The zero-order chi connectivity index (χ0) is 25.7. The summed E-state index contributed by atoms with van der Waals surface area (Å²) in [7, 11) is 0. The molecule has 1 saturated heterocycles. The summed E-state index contributed by atoms with van der Waals surface area (Å²) in [5.41, 5.74) is 8.91. The van der Waals surface area contributed by atoms with E-state index in [1.165, 1.54) is 0 Å². The zero-order valence-corrected chi connectivity index (χ0v) is 21.5. The smallest absolute Gasteiger partial charge is 0.243 e. The molecule has 1 fully saturated rings. The van der Waals surface area contributed by atoms with E-state index in [0.29, 0.717) is 40.4 Å². The second kappa shape index (κ2) is 11.5. The van der Waals surface area contributed by atoms with E-state index in [-0.39, 0.29) is 24.8 Å². The van der Waals surface area contributed by atoms with Gasteiger partial charge in [0.05, 0.1) is 23.2 Å². The molecule has 7 nitrogen and oxygen atoms in total. The fourth-order valence-corrected chi connectivity index (χ4v) is 4.26. The molecule has 36 heavy (non-hydrogen) atoms. The summed E-state index contributed by atoms with van der Waals surface area (Å²) < 4.78 is 11.6. The Morgan fingerprint density at radius 1 is 1.06 bits per heavy atom. The van der Waals surface area contributed by atoms with E-state index in [0.717, 1.165) is 16.8 Å². The molecular weight excluding hydrogens is 501 g/mol. The molecule has 0 radical (unpaired) electrons.